The van der Waals surface area contributed by atoms with Crippen LogP contribution in [-0.2, 0) is 67.3 Å². The van der Waals surface area contributed by atoms with Crippen LogP contribution in [0.4, 0.5) is 46.0 Å². The third-order valence-corrected chi connectivity index (χ3v) is 19.7. The first-order valence-electron chi connectivity index (χ1n) is 38.5. The van der Waals surface area contributed by atoms with E-state index in [1.54, 1.807) is 72.3 Å². The summed E-state index contributed by atoms with van der Waals surface area (Å²) in [5, 5.41) is 35.3. The summed E-state index contributed by atoms with van der Waals surface area (Å²) >= 11 is 6.63. The van der Waals surface area contributed by atoms with E-state index in [0.29, 0.717) is 65.5 Å². The van der Waals surface area contributed by atoms with E-state index < -0.39 is 84.0 Å². The number of aryl methyl sites for hydroxylation is 1. The molecule has 0 unspecified atom stereocenters. The number of aromatic amines is 1. The number of aromatic nitrogens is 5. The van der Waals surface area contributed by atoms with Gasteiger partial charge < -0.3 is 110 Å². The zero-order chi connectivity index (χ0) is 85.1. The number of imide groups is 1. The molecule has 6 heterocycles. The maximum absolute atomic E-state index is 14.6. The number of ether oxygens (including phenoxy) is 8. The number of primary amides is 1. The number of urea groups is 1. The lowest BCUT2D eigenvalue weighted by Crippen LogP contribution is -2.54. The number of H-pyrrole nitrogens is 1. The van der Waals surface area contributed by atoms with Crippen LogP contribution < -0.4 is 52.0 Å². The lowest BCUT2D eigenvalue weighted by Gasteiger charge is -2.31. The van der Waals surface area contributed by atoms with E-state index in [0.717, 1.165) is 26.8 Å². The topological polar surface area (TPSA) is 476 Å². The standard InChI is InChI=1S/C79H97ClN18O21/c1-49(2)69(89-76(108)116-39-37-113-33-29-96-47-56(90-91-96)44-84-75(107)115-38-36-114-34-30-97-65(100)19-20-66(97)101)72(104)87-59(10-7-21-82-74(81)106)71(103)85-55-15-11-51(12-16-55)48-117-77(109)93(5)24-27-95(28-32-112-35-31-99)78(110)118-57-17-13-52(14-18-57)70(102)88-64-41-53-40-60(86-61(53)45-83-64)73(105)98-46-54(43-80)68-62(98)42-63(58-9-6-8-50(3)67(58)68)119-79(111)94-25-22-92(4)23-26-94/h6,8-9,11-20,40-42,45,47,49,54,59,69,86,99H,7,10,21-39,43-44,46,48H2,1-5H3,(H,84,107)(H,85,103)(H,87,104)(H,89,108)(H3,81,82,106)(H,83,88,102)/t54-,59+,69+/m1/s1. The fourth-order valence-corrected chi connectivity index (χ4v) is 13.1. The van der Waals surface area contributed by atoms with Crippen molar-refractivity contribution in [3.05, 3.63) is 143 Å². The Bertz CT molecular complexity index is 4770. The van der Waals surface area contributed by atoms with Crippen molar-refractivity contribution in [2.75, 3.05) is 160 Å². The van der Waals surface area contributed by atoms with Crippen molar-refractivity contribution in [2.45, 2.75) is 71.3 Å². The number of pyridine rings is 1. The van der Waals surface area contributed by atoms with Crippen LogP contribution in [0.2, 0.25) is 0 Å². The number of hydrogen-bond acceptors (Lipinski definition) is 25. The van der Waals surface area contributed by atoms with Gasteiger partial charge in [-0.15, -0.1) is 16.7 Å². The third-order valence-electron chi connectivity index (χ3n) is 19.3. The van der Waals surface area contributed by atoms with Crippen LogP contribution in [0.15, 0.2) is 109 Å². The SMILES string of the molecule is Cc1cccc2c(OC(=O)N3CCN(C)CC3)cc3c(c12)[C@H](CCl)CN3C(=O)c1cc2cc(NC(=O)c3ccc(OC(=O)N(CCOCCO)CCN(C)C(=O)OCc4ccc(NC(=O)[C@H](CCCNC(N)=O)NC(=O)[C@@H](NC(=O)OCCOCCn5cc(CNC(=O)OCCOCCN6C(=O)C=CC6=O)nn5)C(C)C)cc4)cc3)ncc2[nH]1. The number of hydrogen-bond donors (Lipinski definition) is 9. The number of nitrogens with one attached hydrogen (secondary N) is 7. The molecule has 0 saturated carbocycles. The molecule has 10 rings (SSSR count). The van der Waals surface area contributed by atoms with Crippen LogP contribution in [0, 0.1) is 12.8 Å². The van der Waals surface area contributed by atoms with E-state index in [1.807, 2.05) is 32.2 Å². The van der Waals surface area contributed by atoms with Crippen molar-refractivity contribution in [1.82, 2.24) is 70.7 Å². The Morgan fingerprint density at radius 2 is 1.46 bits per heavy atom. The normalized spacial score (nSPS) is 14.3. The van der Waals surface area contributed by atoms with Crippen molar-refractivity contribution in [3.8, 4) is 11.5 Å². The quantitative estimate of drug-likeness (QED) is 0.0103. The fraction of sp³-hybridized carbons (Fsp3) is 0.430. The summed E-state index contributed by atoms with van der Waals surface area (Å²) in [6, 6.07) is 19.8. The minimum atomic E-state index is -1.17. The summed E-state index contributed by atoms with van der Waals surface area (Å²) in [7, 11) is 3.47. The second-order valence-corrected chi connectivity index (χ2v) is 28.6. The predicted octanol–water partition coefficient (Wildman–Crippen LogP) is 5.18. The number of nitrogens with zero attached hydrogens (tertiary/aromatic N) is 10. The van der Waals surface area contributed by atoms with E-state index in [1.165, 1.54) is 64.1 Å². The predicted molar refractivity (Wildman–Crippen MR) is 430 cm³/mol. The average Bonchev–Trinajstić information content (AvgIpc) is 1.46. The number of carbonyl (C=O) groups is 12. The minimum absolute atomic E-state index is 0.00165. The monoisotopic (exact) mass is 1670 g/mol. The molecule has 3 aromatic heterocycles. The van der Waals surface area contributed by atoms with Gasteiger partial charge in [0, 0.05) is 118 Å². The molecular weight excluding hydrogens is 1570 g/mol. The largest absolute Gasteiger partial charge is 0.447 e. The summed E-state index contributed by atoms with van der Waals surface area (Å²) < 4.78 is 45.5. The van der Waals surface area contributed by atoms with Gasteiger partial charge in [-0.1, -0.05) is 49.4 Å². The summed E-state index contributed by atoms with van der Waals surface area (Å²) in [5.41, 5.74) is 9.90. The summed E-state index contributed by atoms with van der Waals surface area (Å²) in [5.74, 6) is -2.93. The molecule has 7 aromatic rings. The minimum Gasteiger partial charge on any atom is -0.447 e. The van der Waals surface area contributed by atoms with Gasteiger partial charge in [0.25, 0.3) is 23.6 Å². The third kappa shape index (κ3) is 25.5. The van der Waals surface area contributed by atoms with Gasteiger partial charge in [0.05, 0.1) is 89.5 Å². The molecule has 1 saturated heterocycles. The molecule has 636 valence electrons. The lowest BCUT2D eigenvalue weighted by atomic mass is 9.92. The number of rotatable bonds is 40. The van der Waals surface area contributed by atoms with E-state index in [2.05, 4.69) is 57.1 Å². The number of halogens is 1. The van der Waals surface area contributed by atoms with E-state index in [4.69, 9.17) is 55.2 Å². The number of amides is 13. The van der Waals surface area contributed by atoms with Gasteiger partial charge in [-0.3, -0.25) is 33.7 Å². The van der Waals surface area contributed by atoms with Gasteiger partial charge in [-0.25, -0.2) is 38.4 Å². The number of likely N-dealkylation sites (N-methyl/N-ethyl adjacent to an activating group) is 2. The molecule has 3 aliphatic heterocycles. The Labute approximate surface area is 688 Å². The lowest BCUT2D eigenvalue weighted by molar-refractivity contribution is -0.137. The molecule has 0 spiro atoms. The molecule has 0 bridgehead atoms. The van der Waals surface area contributed by atoms with Crippen LogP contribution in [0.3, 0.4) is 0 Å². The number of piperazine rings is 1. The van der Waals surface area contributed by atoms with E-state index in [-0.39, 0.29) is 172 Å². The maximum atomic E-state index is 14.6. The van der Waals surface area contributed by atoms with Gasteiger partial charge in [0.15, 0.2) is 0 Å². The number of fused-ring (bicyclic) bond motifs is 4. The Kier molecular flexibility index (Phi) is 32.5. The zero-order valence-corrected chi connectivity index (χ0v) is 67.2. The fourth-order valence-electron chi connectivity index (χ4n) is 12.8. The first kappa shape index (κ1) is 88.8. The van der Waals surface area contributed by atoms with Gasteiger partial charge in [0.2, 0.25) is 11.8 Å². The Morgan fingerprint density at radius 3 is 2.17 bits per heavy atom. The molecule has 119 heavy (non-hydrogen) atoms. The molecule has 13 amide bonds. The Hall–Kier alpha value is -12.6. The highest BCUT2D eigenvalue weighted by atomic mass is 35.5. The summed E-state index contributed by atoms with van der Waals surface area (Å²) in [6.07, 6.45) is 2.00. The van der Waals surface area contributed by atoms with Gasteiger partial charge >= 0.3 is 36.5 Å². The number of alkyl carbamates (subject to hydrolysis) is 2. The zero-order valence-electron chi connectivity index (χ0n) is 66.4. The summed E-state index contributed by atoms with van der Waals surface area (Å²) in [6.45, 7) is 7.97. The van der Waals surface area contributed by atoms with Crippen LogP contribution >= 0.6 is 11.6 Å². The Morgan fingerprint density at radius 1 is 0.748 bits per heavy atom. The van der Waals surface area contributed by atoms with Crippen LogP contribution in [0.1, 0.15) is 75.8 Å². The van der Waals surface area contributed by atoms with Gasteiger partial charge in [-0.05, 0) is 103 Å². The van der Waals surface area contributed by atoms with E-state index in [9.17, 15) is 62.6 Å². The van der Waals surface area contributed by atoms with Crippen LogP contribution in [0.25, 0.3) is 21.7 Å². The molecule has 0 aliphatic carbocycles. The van der Waals surface area contributed by atoms with Crippen molar-refractivity contribution in [2.24, 2.45) is 11.7 Å². The second kappa shape index (κ2) is 43.6. The molecule has 4 aromatic carbocycles. The average molecular weight is 1670 g/mol. The molecule has 3 aliphatic rings. The molecular formula is C79H97ClN18O21. The number of aliphatic hydroxyl groups is 1. The first-order valence-corrected chi connectivity index (χ1v) is 39.0. The highest BCUT2D eigenvalue weighted by Gasteiger charge is 2.38. The number of carbonyl (C=O) groups excluding carboxylic acids is 12. The molecule has 3 atom stereocenters. The summed E-state index contributed by atoms with van der Waals surface area (Å²) in [4.78, 5) is 173. The second-order valence-electron chi connectivity index (χ2n) is 28.2. The number of alkyl halides is 1. The molecule has 1 fully saturated rings. The maximum Gasteiger partial charge on any atom is 0.415 e. The van der Waals surface area contributed by atoms with Crippen molar-refractivity contribution in [3.63, 3.8) is 0 Å². The number of anilines is 3. The van der Waals surface area contributed by atoms with Crippen molar-refractivity contribution >= 4 is 122 Å². The Balaban J connectivity index is 0.643. The smallest absolute Gasteiger partial charge is 0.415 e. The molecule has 39 nitrogen and oxygen atoms in total. The number of benzene rings is 4. The van der Waals surface area contributed by atoms with Gasteiger partial charge in [0.1, 0.15) is 60.6 Å². The molecule has 40 heteroatoms. The van der Waals surface area contributed by atoms with Crippen LogP contribution in [0.5, 0.6) is 11.5 Å². The van der Waals surface area contributed by atoms with Crippen molar-refractivity contribution in [1.29, 1.82) is 0 Å². The molecule has 10 N–H and O–H groups in total. The first-order chi connectivity index (χ1) is 57.3. The van der Waals surface area contributed by atoms with Crippen LogP contribution in [-0.4, -0.2) is 283 Å². The van der Waals surface area contributed by atoms with Gasteiger partial charge in [-0.2, -0.15) is 0 Å². The van der Waals surface area contributed by atoms with Crippen molar-refractivity contribution < 1.29 is 101 Å². The number of nitrogens with two attached hydrogens (primary N) is 1. The number of aliphatic hydroxyl groups excluding tert-OH is 1. The highest BCUT2D eigenvalue weighted by Crippen LogP contribution is 2.47. The highest BCUT2D eigenvalue weighted by molar-refractivity contribution is 6.20. The molecule has 0 radical (unpaired) electrons. The van der Waals surface area contributed by atoms with E-state index >= 15 is 0 Å².